The van der Waals surface area contributed by atoms with Crippen molar-refractivity contribution < 1.29 is 24.4 Å². The highest BCUT2D eigenvalue weighted by Crippen LogP contribution is 2.45. The van der Waals surface area contributed by atoms with E-state index in [1.807, 2.05) is 29.2 Å². The summed E-state index contributed by atoms with van der Waals surface area (Å²) in [5.74, 6) is -0.258. The van der Waals surface area contributed by atoms with Crippen molar-refractivity contribution in [1.82, 2.24) is 0 Å². The summed E-state index contributed by atoms with van der Waals surface area (Å²) < 4.78 is 5.31. The Morgan fingerprint density at radius 2 is 1.92 bits per heavy atom. The van der Waals surface area contributed by atoms with E-state index in [0.717, 1.165) is 12.7 Å². The van der Waals surface area contributed by atoms with Crippen molar-refractivity contribution in [2.24, 2.45) is 0 Å². The Kier molecular flexibility index (Phi) is 6.49. The zero-order chi connectivity index (χ0) is 26.1. The standard InChI is InChI=1S/C27H26N4O6/c1-37-24-13-16(8-9-23(24)31(35)36)19-14-22-25(27(34)29-21-7-3-2-6-20(21)28-22)18(10-12-32)26(19)30-11-4-5-17(33)15-30/h2-3,6-9,12-14,17,28,33H,4-5,10-11,15H2,1H3,(H,29,34). The van der Waals surface area contributed by atoms with Gasteiger partial charge in [0.15, 0.2) is 5.75 Å². The molecule has 0 aliphatic carbocycles. The Morgan fingerprint density at radius 1 is 1.16 bits per heavy atom. The molecule has 1 fully saturated rings. The van der Waals surface area contributed by atoms with E-state index in [-0.39, 0.29) is 23.8 Å². The number of aliphatic hydroxyl groups excluding tert-OH is 1. The molecule has 1 unspecified atom stereocenters. The molecule has 10 heteroatoms. The number of anilines is 4. The fourth-order valence-electron chi connectivity index (χ4n) is 5.13. The number of para-hydroxylation sites is 2. The topological polar surface area (TPSA) is 134 Å². The van der Waals surface area contributed by atoms with Crippen LogP contribution in [0.25, 0.3) is 11.1 Å². The summed E-state index contributed by atoms with van der Waals surface area (Å²) in [4.78, 5) is 38.4. The molecule has 37 heavy (non-hydrogen) atoms. The van der Waals surface area contributed by atoms with E-state index in [4.69, 9.17) is 4.74 Å². The second-order valence-electron chi connectivity index (χ2n) is 9.06. The molecular formula is C27H26N4O6. The quantitative estimate of drug-likeness (QED) is 0.258. The highest BCUT2D eigenvalue weighted by Gasteiger charge is 2.31. The zero-order valence-electron chi connectivity index (χ0n) is 20.2. The molecule has 0 bridgehead atoms. The van der Waals surface area contributed by atoms with E-state index in [1.54, 1.807) is 18.2 Å². The fourth-order valence-corrected chi connectivity index (χ4v) is 5.13. The largest absolute Gasteiger partial charge is 0.490 e. The minimum Gasteiger partial charge on any atom is -0.490 e. The van der Waals surface area contributed by atoms with E-state index in [0.29, 0.717) is 64.5 Å². The van der Waals surface area contributed by atoms with Gasteiger partial charge in [0.25, 0.3) is 5.91 Å². The number of carbonyl (C=O) groups is 2. The molecule has 3 N–H and O–H groups in total. The number of hydrogen-bond donors (Lipinski definition) is 3. The number of piperidine rings is 1. The summed E-state index contributed by atoms with van der Waals surface area (Å²) in [6, 6.07) is 13.7. The summed E-state index contributed by atoms with van der Waals surface area (Å²) in [5.41, 5.74) is 4.42. The Hall–Kier alpha value is -4.44. The first kappa shape index (κ1) is 24.3. The fraction of sp³-hybridized carbons (Fsp3) is 0.259. The third kappa shape index (κ3) is 4.47. The van der Waals surface area contributed by atoms with E-state index >= 15 is 0 Å². The first-order valence-electron chi connectivity index (χ1n) is 12.0. The first-order valence-corrected chi connectivity index (χ1v) is 12.0. The number of nitro benzene ring substituents is 1. The van der Waals surface area contributed by atoms with Gasteiger partial charge in [0.05, 0.1) is 40.8 Å². The number of rotatable bonds is 6. The average molecular weight is 503 g/mol. The normalized spacial score (nSPS) is 16.5. The van der Waals surface area contributed by atoms with Crippen molar-refractivity contribution in [2.75, 3.05) is 35.7 Å². The molecule has 0 saturated carbocycles. The van der Waals surface area contributed by atoms with Crippen LogP contribution >= 0.6 is 0 Å². The number of methoxy groups -OCH3 is 1. The lowest BCUT2D eigenvalue weighted by atomic mass is 9.90. The molecule has 2 aliphatic rings. The molecule has 2 aliphatic heterocycles. The van der Waals surface area contributed by atoms with Gasteiger partial charge in [-0.05, 0) is 54.3 Å². The van der Waals surface area contributed by atoms with Gasteiger partial charge in [-0.15, -0.1) is 0 Å². The smallest absolute Gasteiger partial charge is 0.310 e. The minimum absolute atomic E-state index is 0.0341. The molecule has 10 nitrogen and oxygen atoms in total. The zero-order valence-corrected chi connectivity index (χ0v) is 20.2. The van der Waals surface area contributed by atoms with Crippen LogP contribution in [0.2, 0.25) is 0 Å². The van der Waals surface area contributed by atoms with Crippen LogP contribution in [0.3, 0.4) is 0 Å². The maximum Gasteiger partial charge on any atom is 0.310 e. The monoisotopic (exact) mass is 502 g/mol. The molecule has 0 radical (unpaired) electrons. The van der Waals surface area contributed by atoms with E-state index in [1.165, 1.54) is 13.2 Å². The number of fused-ring (bicyclic) bond motifs is 2. The Balaban J connectivity index is 1.80. The van der Waals surface area contributed by atoms with Gasteiger partial charge in [-0.3, -0.25) is 14.9 Å². The number of amides is 1. The van der Waals surface area contributed by atoms with Crippen LogP contribution in [0.1, 0.15) is 28.8 Å². The molecule has 0 aromatic heterocycles. The summed E-state index contributed by atoms with van der Waals surface area (Å²) in [7, 11) is 1.37. The Labute approximate surface area is 213 Å². The number of β-amino-alcohol motifs (C(OH)–C–C–N with tert-alkyl or cyclic N) is 1. The summed E-state index contributed by atoms with van der Waals surface area (Å²) >= 11 is 0. The number of nitro groups is 1. The molecule has 3 aromatic rings. The Morgan fingerprint density at radius 3 is 2.59 bits per heavy atom. The molecule has 3 aromatic carbocycles. The summed E-state index contributed by atoms with van der Waals surface area (Å²) in [5, 5.41) is 28.2. The molecule has 1 atom stereocenters. The summed E-state index contributed by atoms with van der Waals surface area (Å²) in [6.45, 7) is 0.950. The maximum absolute atomic E-state index is 13.5. The number of nitrogens with one attached hydrogen (secondary N) is 2. The molecular weight excluding hydrogens is 476 g/mol. The predicted octanol–water partition coefficient (Wildman–Crippen LogP) is 4.28. The van der Waals surface area contributed by atoms with Crippen molar-refractivity contribution in [3.05, 3.63) is 69.8 Å². The van der Waals surface area contributed by atoms with Crippen molar-refractivity contribution in [3.63, 3.8) is 0 Å². The lowest BCUT2D eigenvalue weighted by Gasteiger charge is -2.36. The van der Waals surface area contributed by atoms with E-state index < -0.39 is 11.0 Å². The lowest BCUT2D eigenvalue weighted by molar-refractivity contribution is -0.385. The number of aliphatic hydroxyl groups is 1. The third-order valence-electron chi connectivity index (χ3n) is 6.76. The SMILES string of the molecule is COc1cc(-c2cc3c(c(CC=O)c2N2CCCC(O)C2)C(=O)Nc2ccccc2N3)ccc1[N+](=O)[O-]. The van der Waals surface area contributed by atoms with Crippen molar-refractivity contribution in [3.8, 4) is 16.9 Å². The van der Waals surface area contributed by atoms with Crippen LogP contribution in [0.15, 0.2) is 48.5 Å². The first-order chi connectivity index (χ1) is 17.9. The highest BCUT2D eigenvalue weighted by molar-refractivity contribution is 6.15. The highest BCUT2D eigenvalue weighted by atomic mass is 16.6. The van der Waals surface area contributed by atoms with Crippen molar-refractivity contribution >= 4 is 40.6 Å². The van der Waals surface area contributed by atoms with E-state index in [9.17, 15) is 24.8 Å². The van der Waals surface area contributed by atoms with Gasteiger partial charge < -0.3 is 30.2 Å². The molecule has 190 valence electrons. The number of ether oxygens (including phenoxy) is 1. The molecule has 5 rings (SSSR count). The van der Waals surface area contributed by atoms with Crippen LogP contribution in [0, 0.1) is 10.1 Å². The molecule has 0 spiro atoms. The molecule has 1 amide bonds. The van der Waals surface area contributed by atoms with Gasteiger partial charge in [0.2, 0.25) is 0 Å². The van der Waals surface area contributed by atoms with Gasteiger partial charge in [-0.1, -0.05) is 12.1 Å². The van der Waals surface area contributed by atoms with Gasteiger partial charge in [-0.25, -0.2) is 0 Å². The van der Waals surface area contributed by atoms with Crippen molar-refractivity contribution in [2.45, 2.75) is 25.4 Å². The van der Waals surface area contributed by atoms with Crippen molar-refractivity contribution in [1.29, 1.82) is 0 Å². The maximum atomic E-state index is 13.5. The third-order valence-corrected chi connectivity index (χ3v) is 6.76. The minimum atomic E-state index is -0.563. The molecule has 2 heterocycles. The Bertz CT molecular complexity index is 1410. The van der Waals surface area contributed by atoms with Crippen LogP contribution in [-0.2, 0) is 11.2 Å². The lowest BCUT2D eigenvalue weighted by Crippen LogP contribution is -2.39. The second kappa shape index (κ2) is 9.90. The van der Waals surface area contributed by atoms with Crippen LogP contribution in [-0.4, -0.2) is 48.5 Å². The number of aldehydes is 1. The van der Waals surface area contributed by atoms with Gasteiger partial charge in [0.1, 0.15) is 6.29 Å². The number of nitrogens with zero attached hydrogens (tertiary/aromatic N) is 2. The number of hydrogen-bond acceptors (Lipinski definition) is 8. The van der Waals surface area contributed by atoms with Gasteiger partial charge in [0, 0.05) is 36.8 Å². The number of benzene rings is 3. The molecule has 1 saturated heterocycles. The van der Waals surface area contributed by atoms with Crippen LogP contribution < -0.4 is 20.3 Å². The predicted molar refractivity (Wildman–Crippen MR) is 140 cm³/mol. The van der Waals surface area contributed by atoms with Gasteiger partial charge in [-0.2, -0.15) is 0 Å². The second-order valence-corrected chi connectivity index (χ2v) is 9.06. The average Bonchev–Trinajstić information content (AvgIpc) is 3.03. The number of carbonyl (C=O) groups excluding carboxylic acids is 2. The summed E-state index contributed by atoms with van der Waals surface area (Å²) in [6.07, 6.45) is 1.55. The van der Waals surface area contributed by atoms with Gasteiger partial charge >= 0.3 is 5.69 Å². The van der Waals surface area contributed by atoms with Crippen LogP contribution in [0.5, 0.6) is 5.75 Å². The van der Waals surface area contributed by atoms with E-state index in [2.05, 4.69) is 10.6 Å². The van der Waals surface area contributed by atoms with Crippen LogP contribution in [0.4, 0.5) is 28.4 Å².